The smallest absolute Gasteiger partial charge is 0.270 e. The number of rotatable bonds is 2. The first kappa shape index (κ1) is 9.90. The SMILES string of the molecule is NC(=O)c1ccc([N+](=O)[O-])cc1I. The molecular formula is C7H5IN2O3. The van der Waals surface area contributed by atoms with Crippen molar-refractivity contribution in [1.82, 2.24) is 0 Å². The first-order valence-electron chi connectivity index (χ1n) is 3.26. The summed E-state index contributed by atoms with van der Waals surface area (Å²) >= 11 is 1.83. The Morgan fingerprint density at radius 3 is 2.54 bits per heavy atom. The molecule has 0 heterocycles. The molecule has 0 aliphatic carbocycles. The molecule has 0 aliphatic heterocycles. The predicted molar refractivity (Wildman–Crippen MR) is 54.3 cm³/mol. The molecule has 0 bridgehead atoms. The molecule has 0 spiro atoms. The van der Waals surface area contributed by atoms with Crippen LogP contribution in [-0.4, -0.2) is 10.8 Å². The second kappa shape index (κ2) is 3.69. The Hall–Kier alpha value is -1.18. The van der Waals surface area contributed by atoms with Gasteiger partial charge in [0.05, 0.1) is 10.5 Å². The molecular weight excluding hydrogens is 287 g/mol. The first-order chi connectivity index (χ1) is 6.02. The van der Waals surface area contributed by atoms with Crippen LogP contribution < -0.4 is 5.73 Å². The lowest BCUT2D eigenvalue weighted by Gasteiger charge is -1.98. The van der Waals surface area contributed by atoms with Gasteiger partial charge < -0.3 is 5.73 Å². The van der Waals surface area contributed by atoms with Crippen LogP contribution in [0.1, 0.15) is 10.4 Å². The molecule has 0 atom stereocenters. The maximum atomic E-state index is 10.8. The number of amides is 1. The van der Waals surface area contributed by atoms with Crippen LogP contribution in [0.25, 0.3) is 0 Å². The molecule has 2 N–H and O–H groups in total. The molecule has 68 valence electrons. The zero-order valence-corrected chi connectivity index (χ0v) is 8.52. The molecule has 0 unspecified atom stereocenters. The highest BCUT2D eigenvalue weighted by Gasteiger charge is 2.11. The number of nitro groups is 1. The summed E-state index contributed by atoms with van der Waals surface area (Å²) in [6.45, 7) is 0. The lowest BCUT2D eigenvalue weighted by atomic mass is 10.2. The van der Waals surface area contributed by atoms with Crippen LogP contribution in [-0.2, 0) is 0 Å². The molecule has 1 amide bonds. The van der Waals surface area contributed by atoms with Gasteiger partial charge in [0.15, 0.2) is 0 Å². The lowest BCUT2D eigenvalue weighted by molar-refractivity contribution is -0.384. The number of hydrogen-bond donors (Lipinski definition) is 1. The molecule has 6 heteroatoms. The number of carbonyl (C=O) groups is 1. The molecule has 5 nitrogen and oxygen atoms in total. The van der Waals surface area contributed by atoms with Crippen LogP contribution in [0.3, 0.4) is 0 Å². The molecule has 0 fully saturated rings. The van der Waals surface area contributed by atoms with Crippen molar-refractivity contribution in [3.05, 3.63) is 37.4 Å². The summed E-state index contributed by atoms with van der Waals surface area (Å²) < 4.78 is 0.485. The highest BCUT2D eigenvalue weighted by Crippen LogP contribution is 2.18. The summed E-state index contributed by atoms with van der Waals surface area (Å²) in [5, 5.41) is 10.3. The first-order valence-corrected chi connectivity index (χ1v) is 4.34. The fourth-order valence-corrected chi connectivity index (χ4v) is 1.58. The van der Waals surface area contributed by atoms with E-state index < -0.39 is 10.8 Å². The van der Waals surface area contributed by atoms with Crippen molar-refractivity contribution >= 4 is 34.2 Å². The third kappa shape index (κ3) is 2.14. The van der Waals surface area contributed by atoms with Gasteiger partial charge in [0, 0.05) is 15.7 Å². The number of benzene rings is 1. The van der Waals surface area contributed by atoms with E-state index in [4.69, 9.17) is 5.73 Å². The van der Waals surface area contributed by atoms with Gasteiger partial charge in [-0.1, -0.05) is 0 Å². The highest BCUT2D eigenvalue weighted by atomic mass is 127. The Morgan fingerprint density at radius 2 is 2.15 bits per heavy atom. The standard InChI is InChI=1S/C7H5IN2O3/c8-6-3-4(10(12)13)1-2-5(6)7(9)11/h1-3H,(H2,9,11). The van der Waals surface area contributed by atoms with Crippen LogP contribution in [0.15, 0.2) is 18.2 Å². The quantitative estimate of drug-likeness (QED) is 0.506. The lowest BCUT2D eigenvalue weighted by Crippen LogP contribution is -2.12. The van der Waals surface area contributed by atoms with Gasteiger partial charge in [-0.3, -0.25) is 14.9 Å². The van der Waals surface area contributed by atoms with Gasteiger partial charge in [0.1, 0.15) is 0 Å². The van der Waals surface area contributed by atoms with Crippen LogP contribution in [0, 0.1) is 13.7 Å². The third-order valence-electron chi connectivity index (χ3n) is 1.43. The number of non-ortho nitro benzene ring substituents is 1. The Balaban J connectivity index is 3.20. The maximum absolute atomic E-state index is 10.8. The maximum Gasteiger partial charge on any atom is 0.270 e. The zero-order chi connectivity index (χ0) is 10.0. The van der Waals surface area contributed by atoms with E-state index in [2.05, 4.69) is 0 Å². The van der Waals surface area contributed by atoms with Crippen molar-refractivity contribution in [3.63, 3.8) is 0 Å². The van der Waals surface area contributed by atoms with Gasteiger partial charge in [0.25, 0.3) is 5.69 Å². The molecule has 1 aromatic carbocycles. The van der Waals surface area contributed by atoms with E-state index in [9.17, 15) is 14.9 Å². The number of hydrogen-bond acceptors (Lipinski definition) is 3. The minimum Gasteiger partial charge on any atom is -0.366 e. The number of nitro benzene ring substituents is 1. The second-order valence-electron chi connectivity index (χ2n) is 2.29. The summed E-state index contributed by atoms with van der Waals surface area (Å²) in [5.41, 5.74) is 5.28. The van der Waals surface area contributed by atoms with Crippen molar-refractivity contribution in [2.45, 2.75) is 0 Å². The monoisotopic (exact) mass is 292 g/mol. The van der Waals surface area contributed by atoms with E-state index in [1.807, 2.05) is 22.6 Å². The van der Waals surface area contributed by atoms with Crippen molar-refractivity contribution in [2.24, 2.45) is 5.73 Å². The summed E-state index contributed by atoms with van der Waals surface area (Å²) in [7, 11) is 0. The fraction of sp³-hybridized carbons (Fsp3) is 0. The highest BCUT2D eigenvalue weighted by molar-refractivity contribution is 14.1. The largest absolute Gasteiger partial charge is 0.366 e. The summed E-state index contributed by atoms with van der Waals surface area (Å²) in [6, 6.07) is 3.91. The predicted octanol–water partition coefficient (Wildman–Crippen LogP) is 1.30. The number of nitrogens with zero attached hydrogens (tertiary/aromatic N) is 1. The Bertz CT molecular complexity index is 378. The van der Waals surface area contributed by atoms with Crippen molar-refractivity contribution < 1.29 is 9.72 Å². The average Bonchev–Trinajstić information content (AvgIpc) is 2.03. The van der Waals surface area contributed by atoms with E-state index in [0.717, 1.165) is 0 Å². The molecule has 1 rings (SSSR count). The third-order valence-corrected chi connectivity index (χ3v) is 2.32. The van der Waals surface area contributed by atoms with Crippen LogP contribution in [0.2, 0.25) is 0 Å². The molecule has 0 saturated heterocycles. The zero-order valence-electron chi connectivity index (χ0n) is 6.36. The Kier molecular flexibility index (Phi) is 2.81. The molecule has 0 aromatic heterocycles. The fourth-order valence-electron chi connectivity index (χ4n) is 0.817. The van der Waals surface area contributed by atoms with Gasteiger partial charge in [0.2, 0.25) is 5.91 Å². The van der Waals surface area contributed by atoms with E-state index in [-0.39, 0.29) is 5.69 Å². The minimum absolute atomic E-state index is 0.0469. The van der Waals surface area contributed by atoms with Gasteiger partial charge in [-0.25, -0.2) is 0 Å². The molecule has 1 aromatic rings. The number of nitrogens with two attached hydrogens (primary N) is 1. The van der Waals surface area contributed by atoms with Gasteiger partial charge in [-0.15, -0.1) is 0 Å². The summed E-state index contributed by atoms with van der Waals surface area (Å²) in [6.07, 6.45) is 0. The number of carbonyl (C=O) groups excluding carboxylic acids is 1. The van der Waals surface area contributed by atoms with Crippen molar-refractivity contribution in [3.8, 4) is 0 Å². The van der Waals surface area contributed by atoms with Crippen LogP contribution in [0.4, 0.5) is 5.69 Å². The molecule has 0 saturated carbocycles. The van der Waals surface area contributed by atoms with E-state index in [1.54, 1.807) is 0 Å². The Labute approximate surface area is 87.2 Å². The van der Waals surface area contributed by atoms with Crippen LogP contribution in [0.5, 0.6) is 0 Å². The summed E-state index contributed by atoms with van der Waals surface area (Å²) in [4.78, 5) is 20.5. The topological polar surface area (TPSA) is 86.2 Å². The van der Waals surface area contributed by atoms with E-state index in [1.165, 1.54) is 18.2 Å². The minimum atomic E-state index is -0.584. The average molecular weight is 292 g/mol. The second-order valence-corrected chi connectivity index (χ2v) is 3.45. The van der Waals surface area contributed by atoms with Crippen molar-refractivity contribution in [2.75, 3.05) is 0 Å². The molecule has 13 heavy (non-hydrogen) atoms. The van der Waals surface area contributed by atoms with Gasteiger partial charge >= 0.3 is 0 Å². The van der Waals surface area contributed by atoms with E-state index in [0.29, 0.717) is 9.13 Å². The van der Waals surface area contributed by atoms with Crippen LogP contribution >= 0.6 is 22.6 Å². The van der Waals surface area contributed by atoms with E-state index >= 15 is 0 Å². The summed E-state index contributed by atoms with van der Waals surface area (Å²) in [5.74, 6) is -0.584. The van der Waals surface area contributed by atoms with Gasteiger partial charge in [-0.2, -0.15) is 0 Å². The normalized spacial score (nSPS) is 9.62. The van der Waals surface area contributed by atoms with Crippen molar-refractivity contribution in [1.29, 1.82) is 0 Å². The number of halogens is 1. The van der Waals surface area contributed by atoms with Gasteiger partial charge in [-0.05, 0) is 28.7 Å². The molecule has 0 aliphatic rings. The Morgan fingerprint density at radius 1 is 1.54 bits per heavy atom. The number of primary amides is 1. The molecule has 0 radical (unpaired) electrons.